The summed E-state index contributed by atoms with van der Waals surface area (Å²) < 4.78 is 0. The van der Waals surface area contributed by atoms with E-state index in [1.54, 1.807) is 4.90 Å². The van der Waals surface area contributed by atoms with E-state index in [1.807, 2.05) is 0 Å². The molecule has 0 atom stereocenters. The highest BCUT2D eigenvalue weighted by Crippen LogP contribution is 2.25. The first-order valence-electron chi connectivity index (χ1n) is 4.42. The van der Waals surface area contributed by atoms with Crippen molar-refractivity contribution in [2.75, 3.05) is 23.7 Å². The lowest BCUT2D eigenvalue weighted by Crippen LogP contribution is -2.51. The topological polar surface area (TPSA) is 106 Å². The Morgan fingerprint density at radius 1 is 1.60 bits per heavy atom. The lowest BCUT2D eigenvalue weighted by molar-refractivity contribution is -0.384. The molecule has 3 N–H and O–H groups in total. The number of nitro groups is 1. The summed E-state index contributed by atoms with van der Waals surface area (Å²) in [5.41, 5.74) is 5.24. The van der Waals surface area contributed by atoms with E-state index < -0.39 is 4.92 Å². The molecule has 1 aliphatic rings. The van der Waals surface area contributed by atoms with E-state index in [-0.39, 0.29) is 17.6 Å². The number of anilines is 2. The van der Waals surface area contributed by atoms with Crippen molar-refractivity contribution in [2.45, 2.75) is 6.10 Å². The van der Waals surface area contributed by atoms with Crippen LogP contribution in [0, 0.1) is 10.1 Å². The molecule has 80 valence electrons. The van der Waals surface area contributed by atoms with Crippen molar-refractivity contribution in [3.8, 4) is 0 Å². The van der Waals surface area contributed by atoms with Gasteiger partial charge in [0.1, 0.15) is 5.82 Å². The minimum atomic E-state index is -0.572. The third-order valence-corrected chi connectivity index (χ3v) is 2.27. The van der Waals surface area contributed by atoms with E-state index in [9.17, 15) is 10.1 Å². The Hall–Kier alpha value is -1.89. The van der Waals surface area contributed by atoms with Crippen LogP contribution >= 0.6 is 0 Å². The quantitative estimate of drug-likeness (QED) is 0.515. The van der Waals surface area contributed by atoms with Crippen molar-refractivity contribution in [1.82, 2.24) is 4.98 Å². The van der Waals surface area contributed by atoms with Gasteiger partial charge in [-0.15, -0.1) is 0 Å². The van der Waals surface area contributed by atoms with Crippen LogP contribution in [0.5, 0.6) is 0 Å². The minimum Gasteiger partial charge on any atom is -0.389 e. The van der Waals surface area contributed by atoms with E-state index in [0.29, 0.717) is 18.9 Å². The first kappa shape index (κ1) is 9.66. The predicted octanol–water partition coefficient (Wildman–Crippen LogP) is -0.247. The first-order chi connectivity index (χ1) is 7.08. The van der Waals surface area contributed by atoms with Gasteiger partial charge in [-0.1, -0.05) is 0 Å². The van der Waals surface area contributed by atoms with Gasteiger partial charge in [0.2, 0.25) is 5.82 Å². The average Bonchev–Trinajstić information content (AvgIpc) is 2.12. The highest BCUT2D eigenvalue weighted by Gasteiger charge is 2.26. The molecule has 15 heavy (non-hydrogen) atoms. The molecular formula is C8H10N4O3. The molecule has 0 spiro atoms. The number of β-amino-alcohol motifs (C(OH)–C–C–N with tert-alkyl or cyclic N) is 1. The summed E-state index contributed by atoms with van der Waals surface area (Å²) in [6.45, 7) is 0.981. The lowest BCUT2D eigenvalue weighted by atomic mass is 10.2. The summed E-state index contributed by atoms with van der Waals surface area (Å²) in [5, 5.41) is 19.6. The molecule has 7 heteroatoms. The molecule has 1 aromatic heterocycles. The molecule has 1 saturated heterocycles. The molecule has 1 fully saturated rings. The second kappa shape index (κ2) is 3.35. The summed E-state index contributed by atoms with van der Waals surface area (Å²) in [4.78, 5) is 15.6. The fourth-order valence-corrected chi connectivity index (χ4v) is 1.43. The zero-order chi connectivity index (χ0) is 11.0. The SMILES string of the molecule is Nc1nc(N2CC(O)C2)ccc1[N+](=O)[O-]. The Morgan fingerprint density at radius 2 is 2.27 bits per heavy atom. The molecule has 7 nitrogen and oxygen atoms in total. The number of aliphatic hydroxyl groups is 1. The molecule has 0 amide bonds. The zero-order valence-corrected chi connectivity index (χ0v) is 7.83. The molecule has 1 aromatic rings. The van der Waals surface area contributed by atoms with Crippen molar-refractivity contribution in [1.29, 1.82) is 0 Å². The van der Waals surface area contributed by atoms with Gasteiger partial charge in [-0.3, -0.25) is 10.1 Å². The first-order valence-corrected chi connectivity index (χ1v) is 4.42. The van der Waals surface area contributed by atoms with E-state index in [2.05, 4.69) is 4.98 Å². The number of nitrogens with zero attached hydrogens (tertiary/aromatic N) is 3. The van der Waals surface area contributed by atoms with Crippen LogP contribution in [0.3, 0.4) is 0 Å². The van der Waals surface area contributed by atoms with Gasteiger partial charge in [0.15, 0.2) is 0 Å². The number of nitrogen functional groups attached to an aromatic ring is 1. The van der Waals surface area contributed by atoms with E-state index in [0.717, 1.165) is 0 Å². The van der Waals surface area contributed by atoms with Crippen LogP contribution in [0.1, 0.15) is 0 Å². The number of hydrogen-bond acceptors (Lipinski definition) is 6. The smallest absolute Gasteiger partial charge is 0.311 e. The van der Waals surface area contributed by atoms with Crippen LogP contribution in [-0.4, -0.2) is 34.2 Å². The number of rotatable bonds is 2. The van der Waals surface area contributed by atoms with E-state index in [4.69, 9.17) is 10.8 Å². The van der Waals surface area contributed by atoms with Gasteiger partial charge in [-0.05, 0) is 6.07 Å². The largest absolute Gasteiger partial charge is 0.389 e. The zero-order valence-electron chi connectivity index (χ0n) is 7.83. The van der Waals surface area contributed by atoms with Gasteiger partial charge >= 0.3 is 5.69 Å². The molecule has 0 aliphatic carbocycles. The van der Waals surface area contributed by atoms with Crippen molar-refractivity contribution in [3.05, 3.63) is 22.2 Å². The van der Waals surface area contributed by atoms with Gasteiger partial charge in [0.05, 0.1) is 11.0 Å². The molecule has 0 radical (unpaired) electrons. The Labute approximate surface area is 85.3 Å². The third-order valence-electron chi connectivity index (χ3n) is 2.27. The summed E-state index contributed by atoms with van der Waals surface area (Å²) in [6.07, 6.45) is -0.344. The van der Waals surface area contributed by atoms with Gasteiger partial charge in [0.25, 0.3) is 0 Å². The normalized spacial score (nSPS) is 16.2. The molecule has 0 saturated carbocycles. The molecule has 2 rings (SSSR count). The van der Waals surface area contributed by atoms with E-state index in [1.165, 1.54) is 12.1 Å². The summed E-state index contributed by atoms with van der Waals surface area (Å²) in [7, 11) is 0. The Balaban J connectivity index is 2.22. The van der Waals surface area contributed by atoms with Crippen LogP contribution in [0.25, 0.3) is 0 Å². The van der Waals surface area contributed by atoms with Crippen LogP contribution in [0.2, 0.25) is 0 Å². The minimum absolute atomic E-state index is 0.0983. The highest BCUT2D eigenvalue weighted by atomic mass is 16.6. The van der Waals surface area contributed by atoms with Gasteiger partial charge in [-0.25, -0.2) is 4.98 Å². The summed E-state index contributed by atoms with van der Waals surface area (Å²) in [5.74, 6) is 0.460. The van der Waals surface area contributed by atoms with Crippen LogP contribution in [0.4, 0.5) is 17.3 Å². The summed E-state index contributed by atoms with van der Waals surface area (Å²) >= 11 is 0. The van der Waals surface area contributed by atoms with Crippen molar-refractivity contribution < 1.29 is 10.0 Å². The number of pyridine rings is 1. The maximum absolute atomic E-state index is 10.5. The monoisotopic (exact) mass is 210 g/mol. The molecule has 1 aliphatic heterocycles. The molecule has 0 aromatic carbocycles. The van der Waals surface area contributed by atoms with Gasteiger partial charge < -0.3 is 15.7 Å². The molecule has 2 heterocycles. The Kier molecular flexibility index (Phi) is 2.16. The standard InChI is InChI=1S/C8H10N4O3/c9-8-6(12(14)15)1-2-7(10-8)11-3-5(13)4-11/h1-2,5,13H,3-4H2,(H2,9,10). The third kappa shape index (κ3) is 1.68. The predicted molar refractivity (Wildman–Crippen MR) is 53.5 cm³/mol. The number of hydrogen-bond donors (Lipinski definition) is 2. The fourth-order valence-electron chi connectivity index (χ4n) is 1.43. The second-order valence-electron chi connectivity index (χ2n) is 3.39. The maximum Gasteiger partial charge on any atom is 0.311 e. The van der Waals surface area contributed by atoms with Gasteiger partial charge in [0, 0.05) is 19.2 Å². The number of aliphatic hydroxyl groups excluding tert-OH is 1. The van der Waals surface area contributed by atoms with Crippen LogP contribution in [0.15, 0.2) is 12.1 Å². The number of nitrogens with two attached hydrogens (primary N) is 1. The van der Waals surface area contributed by atoms with Crippen molar-refractivity contribution in [2.24, 2.45) is 0 Å². The summed E-state index contributed by atoms with van der Waals surface area (Å²) in [6, 6.07) is 2.85. The Bertz CT molecular complexity index is 403. The van der Waals surface area contributed by atoms with Crippen molar-refractivity contribution >= 4 is 17.3 Å². The van der Waals surface area contributed by atoms with E-state index >= 15 is 0 Å². The van der Waals surface area contributed by atoms with Crippen molar-refractivity contribution in [3.63, 3.8) is 0 Å². The lowest BCUT2D eigenvalue weighted by Gasteiger charge is -2.36. The number of aromatic nitrogens is 1. The molecular weight excluding hydrogens is 200 g/mol. The highest BCUT2D eigenvalue weighted by molar-refractivity contribution is 5.58. The van der Waals surface area contributed by atoms with Gasteiger partial charge in [-0.2, -0.15) is 0 Å². The fraction of sp³-hybridized carbons (Fsp3) is 0.375. The van der Waals surface area contributed by atoms with Crippen LogP contribution in [-0.2, 0) is 0 Å². The molecule has 0 unspecified atom stereocenters. The molecule has 0 bridgehead atoms. The average molecular weight is 210 g/mol. The van der Waals surface area contributed by atoms with Crippen LogP contribution < -0.4 is 10.6 Å². The Morgan fingerprint density at radius 3 is 2.73 bits per heavy atom. The second-order valence-corrected chi connectivity index (χ2v) is 3.39. The maximum atomic E-state index is 10.5.